The number of benzene rings is 1. The Balaban J connectivity index is 1.61. The molecule has 1 aromatic carbocycles. The second-order valence-electron chi connectivity index (χ2n) is 8.29. The summed E-state index contributed by atoms with van der Waals surface area (Å²) in [6.07, 6.45) is -0.481. The van der Waals surface area contributed by atoms with Crippen molar-refractivity contribution >= 4 is 23.7 Å². The first-order valence-electron chi connectivity index (χ1n) is 10.00. The summed E-state index contributed by atoms with van der Waals surface area (Å²) in [4.78, 5) is 28.0. The van der Waals surface area contributed by atoms with Crippen LogP contribution in [0.25, 0.3) is 0 Å². The summed E-state index contributed by atoms with van der Waals surface area (Å²) in [5.74, 6) is -0.332. The molecule has 160 valence electrons. The number of hydrogen-bond acceptors (Lipinski definition) is 6. The predicted octanol–water partition coefficient (Wildman–Crippen LogP) is 3.64. The molecule has 0 saturated carbocycles. The van der Waals surface area contributed by atoms with Crippen molar-refractivity contribution < 1.29 is 23.8 Å². The molecule has 3 rings (SSSR count). The van der Waals surface area contributed by atoms with Crippen molar-refractivity contribution in [2.45, 2.75) is 46.0 Å². The van der Waals surface area contributed by atoms with E-state index in [9.17, 15) is 9.59 Å². The third-order valence-corrected chi connectivity index (χ3v) is 5.50. The summed E-state index contributed by atoms with van der Waals surface area (Å²) in [6, 6.07) is 3.61. The molecule has 29 heavy (non-hydrogen) atoms. The van der Waals surface area contributed by atoms with Gasteiger partial charge in [-0.25, -0.2) is 9.59 Å². The van der Waals surface area contributed by atoms with E-state index in [1.807, 2.05) is 33.8 Å². The number of carbonyl (C=O) groups excluding carboxylic acids is 2. The maximum Gasteiger partial charge on any atom is 0.410 e. The standard InChI is InChI=1S/C21H29ClN2O5/c1-5-24(20(26)29-21(2,3)4)9-8-23-10-11-27-17(12-23)15-7-6-14-16(18(15)22)13-28-19(14)25/h6-7,17H,5,8-13H2,1-4H3/t17-/m0/s1. The highest BCUT2D eigenvalue weighted by Crippen LogP contribution is 2.35. The molecule has 1 aromatic rings. The summed E-state index contributed by atoms with van der Waals surface area (Å²) in [5, 5.41) is 0.545. The number of amides is 1. The van der Waals surface area contributed by atoms with Crippen LogP contribution in [0.2, 0.25) is 5.02 Å². The Bertz CT molecular complexity index is 777. The Labute approximate surface area is 176 Å². The second-order valence-corrected chi connectivity index (χ2v) is 8.67. The van der Waals surface area contributed by atoms with E-state index in [2.05, 4.69) is 4.90 Å². The van der Waals surface area contributed by atoms with Gasteiger partial charge in [-0.2, -0.15) is 0 Å². The fourth-order valence-corrected chi connectivity index (χ4v) is 3.84. The van der Waals surface area contributed by atoms with Crippen molar-refractivity contribution in [1.29, 1.82) is 0 Å². The van der Waals surface area contributed by atoms with E-state index >= 15 is 0 Å². The molecule has 2 heterocycles. The molecule has 0 unspecified atom stereocenters. The third-order valence-electron chi connectivity index (χ3n) is 5.06. The molecule has 0 spiro atoms. The molecule has 0 N–H and O–H groups in total. The highest BCUT2D eigenvalue weighted by Gasteiger charge is 2.30. The number of halogens is 1. The molecule has 7 nitrogen and oxygen atoms in total. The maximum atomic E-state index is 12.3. The van der Waals surface area contributed by atoms with Crippen LogP contribution in [-0.2, 0) is 20.8 Å². The summed E-state index contributed by atoms with van der Waals surface area (Å²) in [7, 11) is 0. The first kappa shape index (κ1) is 21.9. The number of esters is 1. The van der Waals surface area contributed by atoms with Crippen LogP contribution in [0.15, 0.2) is 12.1 Å². The first-order chi connectivity index (χ1) is 13.7. The second kappa shape index (κ2) is 8.90. The number of cyclic esters (lactones) is 1. The van der Waals surface area contributed by atoms with Gasteiger partial charge in [0.15, 0.2) is 0 Å². The highest BCUT2D eigenvalue weighted by molar-refractivity contribution is 6.32. The number of morpholine rings is 1. The number of likely N-dealkylation sites (N-methyl/N-ethyl adjacent to an activating group) is 1. The number of ether oxygens (including phenoxy) is 3. The van der Waals surface area contributed by atoms with Crippen LogP contribution in [0, 0.1) is 0 Å². The molecular formula is C21H29ClN2O5. The molecule has 0 bridgehead atoms. The van der Waals surface area contributed by atoms with Gasteiger partial charge in [0.1, 0.15) is 12.2 Å². The monoisotopic (exact) mass is 424 g/mol. The van der Waals surface area contributed by atoms with Gasteiger partial charge in [-0.05, 0) is 33.8 Å². The topological polar surface area (TPSA) is 68.3 Å². The minimum atomic E-state index is -0.510. The zero-order chi connectivity index (χ0) is 21.2. The van der Waals surface area contributed by atoms with Gasteiger partial charge in [0.05, 0.1) is 23.3 Å². The quantitative estimate of drug-likeness (QED) is 0.672. The van der Waals surface area contributed by atoms with Crippen molar-refractivity contribution in [3.8, 4) is 0 Å². The van der Waals surface area contributed by atoms with E-state index in [1.54, 1.807) is 11.0 Å². The van der Waals surface area contributed by atoms with Gasteiger partial charge in [-0.3, -0.25) is 4.90 Å². The summed E-state index contributed by atoms with van der Waals surface area (Å²) < 4.78 is 16.5. The Morgan fingerprint density at radius 3 is 2.83 bits per heavy atom. The Morgan fingerprint density at radius 1 is 1.38 bits per heavy atom. The van der Waals surface area contributed by atoms with E-state index in [1.165, 1.54) is 0 Å². The number of rotatable bonds is 5. The number of fused-ring (bicyclic) bond motifs is 1. The fraction of sp³-hybridized carbons (Fsp3) is 0.619. The fourth-order valence-electron chi connectivity index (χ4n) is 3.50. The van der Waals surface area contributed by atoms with E-state index < -0.39 is 5.60 Å². The number of carbonyl (C=O) groups is 2. The van der Waals surface area contributed by atoms with Gasteiger partial charge in [0, 0.05) is 43.9 Å². The molecule has 2 aliphatic rings. The van der Waals surface area contributed by atoms with Crippen LogP contribution >= 0.6 is 11.6 Å². The molecule has 0 radical (unpaired) electrons. The van der Waals surface area contributed by atoms with Gasteiger partial charge in [-0.1, -0.05) is 17.7 Å². The Kier molecular flexibility index (Phi) is 6.71. The lowest BCUT2D eigenvalue weighted by atomic mass is 10.0. The zero-order valence-corrected chi connectivity index (χ0v) is 18.3. The minimum absolute atomic E-state index is 0.186. The molecule has 1 fully saturated rings. The van der Waals surface area contributed by atoms with Crippen molar-refractivity contribution in [2.24, 2.45) is 0 Å². The largest absolute Gasteiger partial charge is 0.457 e. The Morgan fingerprint density at radius 2 is 2.14 bits per heavy atom. The molecule has 1 amide bonds. The van der Waals surface area contributed by atoms with Crippen molar-refractivity contribution in [2.75, 3.05) is 39.3 Å². The SMILES string of the molecule is CCN(CCN1CCO[C@H](c2ccc3c(c2Cl)COC3=O)C1)C(=O)OC(C)(C)C. The van der Waals surface area contributed by atoms with Crippen LogP contribution in [0.4, 0.5) is 4.79 Å². The van der Waals surface area contributed by atoms with Crippen LogP contribution in [0.5, 0.6) is 0 Å². The van der Waals surface area contributed by atoms with E-state index in [-0.39, 0.29) is 24.8 Å². The molecule has 1 saturated heterocycles. The first-order valence-corrected chi connectivity index (χ1v) is 10.4. The van der Waals surface area contributed by atoms with Gasteiger partial charge in [-0.15, -0.1) is 0 Å². The van der Waals surface area contributed by atoms with Crippen LogP contribution in [0.3, 0.4) is 0 Å². The lowest BCUT2D eigenvalue weighted by molar-refractivity contribution is -0.0330. The summed E-state index contributed by atoms with van der Waals surface area (Å²) in [5.41, 5.74) is 1.62. The van der Waals surface area contributed by atoms with Gasteiger partial charge < -0.3 is 19.1 Å². The number of hydrogen-bond donors (Lipinski definition) is 0. The molecule has 0 aromatic heterocycles. The molecule has 0 aliphatic carbocycles. The van der Waals surface area contributed by atoms with Crippen molar-refractivity contribution in [3.63, 3.8) is 0 Å². The minimum Gasteiger partial charge on any atom is -0.457 e. The Hall–Kier alpha value is -1.83. The maximum absolute atomic E-state index is 12.3. The van der Waals surface area contributed by atoms with E-state index in [0.717, 1.165) is 24.2 Å². The van der Waals surface area contributed by atoms with Gasteiger partial charge in [0.25, 0.3) is 0 Å². The van der Waals surface area contributed by atoms with E-state index in [0.29, 0.717) is 36.8 Å². The van der Waals surface area contributed by atoms with Gasteiger partial charge in [0.2, 0.25) is 0 Å². The van der Waals surface area contributed by atoms with Crippen LogP contribution in [-0.4, -0.2) is 66.8 Å². The molecule has 1 atom stereocenters. The normalized spacial score (nSPS) is 19.6. The predicted molar refractivity (Wildman–Crippen MR) is 109 cm³/mol. The third kappa shape index (κ3) is 5.21. The number of nitrogens with zero attached hydrogens (tertiary/aromatic N) is 2. The molecule has 8 heteroatoms. The van der Waals surface area contributed by atoms with Crippen LogP contribution < -0.4 is 0 Å². The molecular weight excluding hydrogens is 396 g/mol. The summed E-state index contributed by atoms with van der Waals surface area (Å²) in [6.45, 7) is 11.7. The average Bonchev–Trinajstić information content (AvgIpc) is 3.03. The van der Waals surface area contributed by atoms with Crippen molar-refractivity contribution in [3.05, 3.63) is 33.8 Å². The van der Waals surface area contributed by atoms with Crippen molar-refractivity contribution in [1.82, 2.24) is 9.80 Å². The zero-order valence-electron chi connectivity index (χ0n) is 17.5. The highest BCUT2D eigenvalue weighted by atomic mass is 35.5. The lowest BCUT2D eigenvalue weighted by Crippen LogP contribution is -2.45. The summed E-state index contributed by atoms with van der Waals surface area (Å²) >= 11 is 6.55. The van der Waals surface area contributed by atoms with Gasteiger partial charge >= 0.3 is 12.1 Å². The van der Waals surface area contributed by atoms with Crippen LogP contribution in [0.1, 0.15) is 55.3 Å². The smallest absolute Gasteiger partial charge is 0.410 e. The average molecular weight is 425 g/mol. The van der Waals surface area contributed by atoms with E-state index in [4.69, 9.17) is 25.8 Å². The molecule has 2 aliphatic heterocycles. The lowest BCUT2D eigenvalue weighted by Gasteiger charge is -2.35.